The molecule has 0 radical (unpaired) electrons. The first-order chi connectivity index (χ1) is 14.9. The standard InChI is InChI=1S/C20H32N4O6S2/c1-16-7-5-6-8-19(16)24(31(4,26)27)15-20(25)21-9-11-22(12-10-21)32(28,29)23-13-17(2)30-18(3)14-23/h5-8,17-18H,9-15H2,1-4H3. The van der Waals surface area contributed by atoms with Crippen molar-refractivity contribution in [2.75, 3.05) is 56.4 Å². The lowest BCUT2D eigenvalue weighted by molar-refractivity contribution is -0.130. The van der Waals surface area contributed by atoms with Gasteiger partial charge in [0.25, 0.3) is 10.2 Å². The number of nitrogens with zero attached hydrogens (tertiary/aromatic N) is 4. The molecule has 2 aliphatic heterocycles. The van der Waals surface area contributed by atoms with Crippen LogP contribution in [0, 0.1) is 6.92 Å². The van der Waals surface area contributed by atoms with Crippen molar-refractivity contribution in [2.24, 2.45) is 0 Å². The highest BCUT2D eigenvalue weighted by atomic mass is 32.2. The second-order valence-corrected chi connectivity index (χ2v) is 12.3. The zero-order valence-corrected chi connectivity index (χ0v) is 20.6. The third-order valence-electron chi connectivity index (χ3n) is 5.69. The van der Waals surface area contributed by atoms with Gasteiger partial charge in [-0.25, -0.2) is 8.42 Å². The molecule has 2 fully saturated rings. The van der Waals surface area contributed by atoms with Crippen molar-refractivity contribution in [1.29, 1.82) is 0 Å². The molecule has 3 rings (SSSR count). The van der Waals surface area contributed by atoms with Gasteiger partial charge in [-0.15, -0.1) is 0 Å². The molecule has 0 aromatic heterocycles. The van der Waals surface area contributed by atoms with Crippen molar-refractivity contribution < 1.29 is 26.4 Å². The average molecular weight is 489 g/mol. The SMILES string of the molecule is Cc1ccccc1N(CC(=O)N1CCN(S(=O)(=O)N2CC(C)OC(C)C2)CC1)S(C)(=O)=O. The number of morpholine rings is 1. The van der Waals surface area contributed by atoms with Gasteiger partial charge in [-0.2, -0.15) is 17.0 Å². The first-order valence-corrected chi connectivity index (χ1v) is 13.9. The number of sulfonamides is 1. The van der Waals surface area contributed by atoms with Crippen LogP contribution in [0.5, 0.6) is 0 Å². The van der Waals surface area contributed by atoms with E-state index in [0.717, 1.165) is 16.1 Å². The summed E-state index contributed by atoms with van der Waals surface area (Å²) in [4.78, 5) is 14.4. The van der Waals surface area contributed by atoms with Crippen LogP contribution in [0.2, 0.25) is 0 Å². The smallest absolute Gasteiger partial charge is 0.282 e. The molecular formula is C20H32N4O6S2. The lowest BCUT2D eigenvalue weighted by atomic mass is 10.2. The Hall–Kier alpha value is -1.73. The number of ether oxygens (including phenoxy) is 1. The Morgan fingerprint density at radius 1 is 1.00 bits per heavy atom. The number of piperazine rings is 1. The van der Waals surface area contributed by atoms with E-state index in [4.69, 9.17) is 4.74 Å². The van der Waals surface area contributed by atoms with Crippen LogP contribution in [-0.2, 0) is 29.8 Å². The molecule has 2 unspecified atom stereocenters. The Labute approximate surface area is 191 Å². The molecule has 2 heterocycles. The number of hydrogen-bond donors (Lipinski definition) is 0. The summed E-state index contributed by atoms with van der Waals surface area (Å²) in [5.74, 6) is -0.357. The molecule has 1 amide bonds. The van der Waals surface area contributed by atoms with Crippen LogP contribution in [0.15, 0.2) is 24.3 Å². The molecule has 10 nitrogen and oxygen atoms in total. The second kappa shape index (κ2) is 9.64. The van der Waals surface area contributed by atoms with Crippen molar-refractivity contribution in [3.05, 3.63) is 29.8 Å². The fourth-order valence-electron chi connectivity index (χ4n) is 4.10. The molecule has 2 saturated heterocycles. The van der Waals surface area contributed by atoms with Crippen molar-refractivity contribution in [2.45, 2.75) is 33.0 Å². The Morgan fingerprint density at radius 3 is 2.09 bits per heavy atom. The van der Waals surface area contributed by atoms with Gasteiger partial charge in [-0.1, -0.05) is 18.2 Å². The van der Waals surface area contributed by atoms with Crippen LogP contribution < -0.4 is 4.31 Å². The summed E-state index contributed by atoms with van der Waals surface area (Å²) in [6.07, 6.45) is 0.710. The van der Waals surface area contributed by atoms with Crippen LogP contribution in [0.3, 0.4) is 0 Å². The Morgan fingerprint density at radius 2 is 1.56 bits per heavy atom. The zero-order valence-electron chi connectivity index (χ0n) is 19.0. The van der Waals surface area contributed by atoms with Crippen LogP contribution in [0.1, 0.15) is 19.4 Å². The monoisotopic (exact) mass is 488 g/mol. The summed E-state index contributed by atoms with van der Waals surface area (Å²) in [7, 11) is -7.32. The van der Waals surface area contributed by atoms with Gasteiger partial charge in [0.05, 0.1) is 24.2 Å². The molecule has 180 valence electrons. The van der Waals surface area contributed by atoms with E-state index < -0.39 is 20.2 Å². The average Bonchev–Trinajstić information content (AvgIpc) is 2.71. The Bertz CT molecular complexity index is 1030. The zero-order chi connectivity index (χ0) is 23.7. The fourth-order valence-corrected chi connectivity index (χ4v) is 6.75. The van der Waals surface area contributed by atoms with E-state index in [2.05, 4.69) is 0 Å². The molecule has 2 aliphatic rings. The number of aryl methyl sites for hydroxylation is 1. The largest absolute Gasteiger partial charge is 0.373 e. The first-order valence-electron chi connectivity index (χ1n) is 10.6. The van der Waals surface area contributed by atoms with Gasteiger partial charge in [0.1, 0.15) is 6.54 Å². The molecule has 2 atom stereocenters. The maximum absolute atomic E-state index is 13.0. The van der Waals surface area contributed by atoms with Crippen LogP contribution >= 0.6 is 0 Å². The van der Waals surface area contributed by atoms with E-state index in [9.17, 15) is 21.6 Å². The van der Waals surface area contributed by atoms with Crippen LogP contribution in [0.25, 0.3) is 0 Å². The molecule has 0 aliphatic carbocycles. The summed E-state index contributed by atoms with van der Waals surface area (Å²) in [6.45, 7) is 6.49. The number of benzene rings is 1. The van der Waals surface area contributed by atoms with Gasteiger partial charge in [0, 0.05) is 39.3 Å². The number of anilines is 1. The highest BCUT2D eigenvalue weighted by Gasteiger charge is 2.37. The number of carbonyl (C=O) groups excluding carboxylic acids is 1. The molecule has 0 bridgehead atoms. The number of para-hydroxylation sites is 1. The number of hydrogen-bond acceptors (Lipinski definition) is 6. The van der Waals surface area contributed by atoms with Gasteiger partial charge in [0.15, 0.2) is 0 Å². The maximum atomic E-state index is 13.0. The van der Waals surface area contributed by atoms with Gasteiger partial charge >= 0.3 is 0 Å². The van der Waals surface area contributed by atoms with Gasteiger partial charge in [-0.05, 0) is 32.4 Å². The summed E-state index contributed by atoms with van der Waals surface area (Å²) in [5.41, 5.74) is 1.20. The normalized spacial score (nSPS) is 23.8. The number of amides is 1. The van der Waals surface area contributed by atoms with E-state index in [1.165, 1.54) is 13.5 Å². The predicted octanol–water partition coefficient (Wildman–Crippen LogP) is 0.259. The predicted molar refractivity (Wildman–Crippen MR) is 122 cm³/mol. The summed E-state index contributed by atoms with van der Waals surface area (Å²) in [5, 5.41) is 0. The first kappa shape index (κ1) is 24.9. The van der Waals surface area contributed by atoms with E-state index in [1.54, 1.807) is 31.2 Å². The van der Waals surface area contributed by atoms with E-state index in [1.807, 2.05) is 13.8 Å². The van der Waals surface area contributed by atoms with Gasteiger partial charge < -0.3 is 9.64 Å². The van der Waals surface area contributed by atoms with Crippen LogP contribution in [-0.4, -0.2) is 101 Å². The molecule has 12 heteroatoms. The molecule has 0 N–H and O–H groups in total. The maximum Gasteiger partial charge on any atom is 0.282 e. The van der Waals surface area contributed by atoms with Gasteiger partial charge in [-0.3, -0.25) is 9.10 Å². The van der Waals surface area contributed by atoms with Crippen molar-refractivity contribution in [3.8, 4) is 0 Å². The van der Waals surface area contributed by atoms with Crippen molar-refractivity contribution in [1.82, 2.24) is 13.5 Å². The van der Waals surface area contributed by atoms with E-state index in [-0.39, 0.29) is 50.8 Å². The summed E-state index contributed by atoms with van der Waals surface area (Å²) >= 11 is 0. The molecular weight excluding hydrogens is 456 g/mol. The minimum Gasteiger partial charge on any atom is -0.373 e. The fraction of sp³-hybridized carbons (Fsp3) is 0.650. The van der Waals surface area contributed by atoms with Gasteiger partial charge in [0.2, 0.25) is 15.9 Å². The highest BCUT2D eigenvalue weighted by molar-refractivity contribution is 7.92. The van der Waals surface area contributed by atoms with Crippen LogP contribution in [0.4, 0.5) is 5.69 Å². The van der Waals surface area contributed by atoms with Crippen molar-refractivity contribution in [3.63, 3.8) is 0 Å². The minimum absolute atomic E-state index is 0.164. The Balaban J connectivity index is 1.65. The number of carbonyl (C=O) groups is 1. The number of rotatable bonds is 6. The molecule has 1 aromatic carbocycles. The summed E-state index contributed by atoms with van der Waals surface area (Å²) in [6, 6.07) is 6.98. The Kier molecular flexibility index (Phi) is 7.50. The molecule has 0 saturated carbocycles. The minimum atomic E-state index is -3.67. The molecule has 1 aromatic rings. The second-order valence-electron chi connectivity index (χ2n) is 8.42. The topological polar surface area (TPSA) is 108 Å². The summed E-state index contributed by atoms with van der Waals surface area (Å²) < 4.78 is 60.4. The third kappa shape index (κ3) is 5.60. The van der Waals surface area contributed by atoms with E-state index in [0.29, 0.717) is 18.8 Å². The lowest BCUT2D eigenvalue weighted by Gasteiger charge is -2.40. The highest BCUT2D eigenvalue weighted by Crippen LogP contribution is 2.23. The molecule has 32 heavy (non-hydrogen) atoms. The lowest BCUT2D eigenvalue weighted by Crippen LogP contribution is -2.58. The van der Waals surface area contributed by atoms with Crippen molar-refractivity contribution >= 4 is 31.8 Å². The third-order valence-corrected chi connectivity index (χ3v) is 8.79. The van der Waals surface area contributed by atoms with E-state index >= 15 is 0 Å². The quantitative estimate of drug-likeness (QED) is 0.569. The molecule has 0 spiro atoms.